The number of alkyl halides is 6. The average Bonchev–Trinajstić information content (AvgIpc) is 2.26. The summed E-state index contributed by atoms with van der Waals surface area (Å²) in [4.78, 5) is 3.48. The van der Waals surface area contributed by atoms with Gasteiger partial charge in [0, 0.05) is 11.5 Å². The standard InChI is InChI=1S/C9H7BrF5NO2/c1-17-6-4(8(11)12)3-16-5(2-10)7(6)18-9(13,14)15/h3,8H,2H2,1H3. The Balaban J connectivity index is 3.37. The molecule has 0 N–H and O–H groups in total. The maximum atomic E-state index is 12.6. The molecule has 0 saturated carbocycles. The molecular weight excluding hydrogens is 329 g/mol. The molecule has 0 radical (unpaired) electrons. The lowest BCUT2D eigenvalue weighted by Crippen LogP contribution is -2.19. The Morgan fingerprint density at radius 3 is 2.33 bits per heavy atom. The predicted octanol–water partition coefficient (Wildman–Crippen LogP) is 3.82. The van der Waals surface area contributed by atoms with Crippen molar-refractivity contribution in [3.8, 4) is 11.5 Å². The van der Waals surface area contributed by atoms with Crippen LogP contribution in [0.25, 0.3) is 0 Å². The molecule has 1 rings (SSSR count). The lowest BCUT2D eigenvalue weighted by atomic mass is 10.2. The Labute approximate surface area is 107 Å². The van der Waals surface area contributed by atoms with Crippen molar-refractivity contribution in [2.45, 2.75) is 18.1 Å². The fourth-order valence-corrected chi connectivity index (χ4v) is 1.61. The van der Waals surface area contributed by atoms with Gasteiger partial charge in [-0.3, -0.25) is 4.98 Å². The van der Waals surface area contributed by atoms with Crippen LogP contribution in [0.3, 0.4) is 0 Å². The van der Waals surface area contributed by atoms with Gasteiger partial charge in [0.1, 0.15) is 0 Å². The number of nitrogens with zero attached hydrogens (tertiary/aromatic N) is 1. The summed E-state index contributed by atoms with van der Waals surface area (Å²) in [5, 5.41) is -0.0989. The highest BCUT2D eigenvalue weighted by Crippen LogP contribution is 2.41. The van der Waals surface area contributed by atoms with Crippen LogP contribution in [0, 0.1) is 0 Å². The van der Waals surface area contributed by atoms with E-state index in [0.29, 0.717) is 0 Å². The van der Waals surface area contributed by atoms with Crippen LogP contribution in [0.4, 0.5) is 22.0 Å². The van der Waals surface area contributed by atoms with E-state index < -0.39 is 29.9 Å². The molecule has 9 heteroatoms. The maximum absolute atomic E-state index is 12.6. The molecule has 0 atom stereocenters. The second kappa shape index (κ2) is 5.68. The van der Waals surface area contributed by atoms with E-state index in [2.05, 4.69) is 30.4 Å². The van der Waals surface area contributed by atoms with Crippen molar-refractivity contribution in [3.63, 3.8) is 0 Å². The molecule has 1 aromatic rings. The first kappa shape index (κ1) is 14.9. The van der Waals surface area contributed by atoms with Gasteiger partial charge in [-0.15, -0.1) is 13.2 Å². The maximum Gasteiger partial charge on any atom is 0.573 e. The number of rotatable bonds is 4. The normalized spacial score (nSPS) is 11.8. The second-order valence-corrected chi connectivity index (χ2v) is 3.57. The van der Waals surface area contributed by atoms with E-state index in [1.54, 1.807) is 0 Å². The van der Waals surface area contributed by atoms with Gasteiger partial charge in [0.15, 0.2) is 11.5 Å². The van der Waals surface area contributed by atoms with Crippen molar-refractivity contribution in [1.29, 1.82) is 0 Å². The van der Waals surface area contributed by atoms with Gasteiger partial charge in [-0.25, -0.2) is 8.78 Å². The number of hydrogen-bond donors (Lipinski definition) is 0. The van der Waals surface area contributed by atoms with Crippen LogP contribution in [-0.4, -0.2) is 18.5 Å². The van der Waals surface area contributed by atoms with E-state index in [9.17, 15) is 22.0 Å². The third kappa shape index (κ3) is 3.44. The van der Waals surface area contributed by atoms with E-state index in [0.717, 1.165) is 13.3 Å². The molecule has 1 aromatic heterocycles. The Hall–Kier alpha value is -1.12. The van der Waals surface area contributed by atoms with Crippen LogP contribution in [-0.2, 0) is 5.33 Å². The Kier molecular flexibility index (Phi) is 4.71. The molecule has 0 saturated heterocycles. The molecule has 0 aliphatic heterocycles. The number of ether oxygens (including phenoxy) is 2. The monoisotopic (exact) mass is 335 g/mol. The molecule has 18 heavy (non-hydrogen) atoms. The molecule has 0 fully saturated rings. The van der Waals surface area contributed by atoms with Crippen LogP contribution in [0.15, 0.2) is 6.20 Å². The summed E-state index contributed by atoms with van der Waals surface area (Å²) in [7, 11) is 0.975. The highest BCUT2D eigenvalue weighted by atomic mass is 79.9. The first-order valence-corrected chi connectivity index (χ1v) is 5.58. The van der Waals surface area contributed by atoms with E-state index >= 15 is 0 Å². The van der Waals surface area contributed by atoms with E-state index in [1.807, 2.05) is 0 Å². The molecule has 0 spiro atoms. The van der Waals surface area contributed by atoms with Gasteiger partial charge in [0.05, 0.1) is 18.4 Å². The Morgan fingerprint density at radius 1 is 1.33 bits per heavy atom. The van der Waals surface area contributed by atoms with Crippen molar-refractivity contribution in [2.75, 3.05) is 7.11 Å². The van der Waals surface area contributed by atoms with Crippen molar-refractivity contribution in [3.05, 3.63) is 17.5 Å². The third-order valence-corrected chi connectivity index (χ3v) is 2.40. The first-order valence-electron chi connectivity index (χ1n) is 4.45. The Morgan fingerprint density at radius 2 is 1.94 bits per heavy atom. The van der Waals surface area contributed by atoms with Crippen LogP contribution >= 0.6 is 15.9 Å². The molecule has 1 heterocycles. The summed E-state index contributed by atoms with van der Waals surface area (Å²) in [5.74, 6) is -1.54. The topological polar surface area (TPSA) is 31.4 Å². The van der Waals surface area contributed by atoms with Crippen LogP contribution in [0.1, 0.15) is 17.7 Å². The average molecular weight is 336 g/mol. The summed E-state index contributed by atoms with van der Waals surface area (Å²) >= 11 is 2.89. The minimum atomic E-state index is -5.02. The van der Waals surface area contributed by atoms with Gasteiger partial charge in [0.25, 0.3) is 6.43 Å². The van der Waals surface area contributed by atoms with E-state index in [4.69, 9.17) is 0 Å². The van der Waals surface area contributed by atoms with Gasteiger partial charge in [-0.05, 0) is 0 Å². The first-order chi connectivity index (χ1) is 8.30. The number of methoxy groups -OCH3 is 1. The summed E-state index contributed by atoms with van der Waals surface area (Å²) < 4.78 is 70.0. The van der Waals surface area contributed by atoms with Crippen LogP contribution in [0.5, 0.6) is 11.5 Å². The zero-order valence-corrected chi connectivity index (χ0v) is 10.5. The van der Waals surface area contributed by atoms with Crippen molar-refractivity contribution in [1.82, 2.24) is 4.98 Å². The minimum Gasteiger partial charge on any atom is -0.492 e. The quantitative estimate of drug-likeness (QED) is 0.619. The highest BCUT2D eigenvalue weighted by Gasteiger charge is 2.35. The fraction of sp³-hybridized carbons (Fsp3) is 0.444. The van der Waals surface area contributed by atoms with E-state index in [1.165, 1.54) is 0 Å². The predicted molar refractivity (Wildman–Crippen MR) is 55.1 cm³/mol. The number of hydrogen-bond acceptors (Lipinski definition) is 3. The van der Waals surface area contributed by atoms with Gasteiger partial charge >= 0.3 is 6.36 Å². The fourth-order valence-electron chi connectivity index (χ4n) is 1.21. The number of halogens is 6. The summed E-state index contributed by atoms with van der Waals surface area (Å²) in [5.41, 5.74) is -0.949. The molecule has 3 nitrogen and oxygen atoms in total. The molecular formula is C9H7BrF5NO2. The van der Waals surface area contributed by atoms with Crippen molar-refractivity contribution < 1.29 is 31.4 Å². The lowest BCUT2D eigenvalue weighted by molar-refractivity contribution is -0.275. The minimum absolute atomic E-state index is 0.0989. The lowest BCUT2D eigenvalue weighted by Gasteiger charge is -2.17. The zero-order chi connectivity index (χ0) is 13.9. The van der Waals surface area contributed by atoms with Gasteiger partial charge < -0.3 is 9.47 Å². The molecule has 0 amide bonds. The summed E-state index contributed by atoms with van der Waals surface area (Å²) in [6.45, 7) is 0. The molecule has 0 aliphatic rings. The summed E-state index contributed by atoms with van der Waals surface area (Å²) in [6.07, 6.45) is -7.29. The van der Waals surface area contributed by atoms with E-state index in [-0.39, 0.29) is 11.0 Å². The molecule has 0 bridgehead atoms. The number of pyridine rings is 1. The van der Waals surface area contributed by atoms with Crippen LogP contribution in [0.2, 0.25) is 0 Å². The third-order valence-electron chi connectivity index (χ3n) is 1.87. The summed E-state index contributed by atoms with van der Waals surface area (Å²) in [6, 6.07) is 0. The zero-order valence-electron chi connectivity index (χ0n) is 8.89. The highest BCUT2D eigenvalue weighted by molar-refractivity contribution is 9.08. The molecule has 0 aromatic carbocycles. The van der Waals surface area contributed by atoms with Gasteiger partial charge in [-0.2, -0.15) is 0 Å². The number of aromatic nitrogens is 1. The SMILES string of the molecule is COc1c(C(F)F)cnc(CBr)c1OC(F)(F)F. The largest absolute Gasteiger partial charge is 0.573 e. The molecule has 0 unspecified atom stereocenters. The van der Waals surface area contributed by atoms with Crippen molar-refractivity contribution in [2.24, 2.45) is 0 Å². The van der Waals surface area contributed by atoms with Crippen LogP contribution < -0.4 is 9.47 Å². The smallest absolute Gasteiger partial charge is 0.492 e. The van der Waals surface area contributed by atoms with Crippen molar-refractivity contribution >= 4 is 15.9 Å². The van der Waals surface area contributed by atoms with Gasteiger partial charge in [0.2, 0.25) is 0 Å². The van der Waals surface area contributed by atoms with Gasteiger partial charge in [-0.1, -0.05) is 15.9 Å². The Bertz CT molecular complexity index is 424. The molecule has 102 valence electrons. The second-order valence-electron chi connectivity index (χ2n) is 3.00. The molecule has 0 aliphatic carbocycles.